The Morgan fingerprint density at radius 2 is 2.17 bits per heavy atom. The smallest absolute Gasteiger partial charge is 0.0682 e. The second kappa shape index (κ2) is 5.51. The third-order valence-electron chi connectivity index (χ3n) is 3.44. The van der Waals surface area contributed by atoms with Gasteiger partial charge in [0.25, 0.3) is 0 Å². The van der Waals surface area contributed by atoms with Crippen LogP contribution in [0, 0.1) is 5.92 Å². The quantitative estimate of drug-likeness (QED) is 0.857. The van der Waals surface area contributed by atoms with Crippen molar-refractivity contribution < 1.29 is 5.11 Å². The summed E-state index contributed by atoms with van der Waals surface area (Å²) < 4.78 is 0. The van der Waals surface area contributed by atoms with Crippen LogP contribution in [0.15, 0.2) is 42.0 Å². The monoisotopic (exact) mass is 243 g/mol. The zero-order chi connectivity index (χ0) is 13.1. The van der Waals surface area contributed by atoms with Gasteiger partial charge in [-0.25, -0.2) is 0 Å². The van der Waals surface area contributed by atoms with E-state index in [0.29, 0.717) is 5.92 Å². The summed E-state index contributed by atoms with van der Waals surface area (Å²) in [6.07, 6.45) is 5.33. The Morgan fingerprint density at radius 3 is 2.83 bits per heavy atom. The summed E-state index contributed by atoms with van der Waals surface area (Å²) in [6, 6.07) is 8.05. The fourth-order valence-electron chi connectivity index (χ4n) is 2.28. The molecule has 3 N–H and O–H groups in total. The molecule has 1 aliphatic carbocycles. The summed E-state index contributed by atoms with van der Waals surface area (Å²) in [5, 5.41) is 9.20. The number of benzene rings is 1. The molecule has 18 heavy (non-hydrogen) atoms. The minimum absolute atomic E-state index is 0.0569. The highest BCUT2D eigenvalue weighted by Gasteiger charge is 2.17. The maximum absolute atomic E-state index is 9.20. The van der Waals surface area contributed by atoms with E-state index in [1.807, 2.05) is 18.2 Å². The first-order chi connectivity index (χ1) is 8.61. The zero-order valence-corrected chi connectivity index (χ0v) is 11.1. The molecule has 1 aromatic carbocycles. The molecule has 0 saturated heterocycles. The first-order valence-corrected chi connectivity index (χ1v) is 6.49. The fourth-order valence-corrected chi connectivity index (χ4v) is 2.28. The number of hydrogen-bond acceptors (Lipinski definition) is 2. The van der Waals surface area contributed by atoms with Crippen LogP contribution in [0.2, 0.25) is 0 Å². The van der Waals surface area contributed by atoms with Crippen molar-refractivity contribution in [3.05, 3.63) is 53.1 Å². The van der Waals surface area contributed by atoms with E-state index in [0.717, 1.165) is 17.5 Å². The fraction of sp³-hybridized carbons (Fsp3) is 0.375. The van der Waals surface area contributed by atoms with E-state index in [9.17, 15) is 5.11 Å². The lowest BCUT2D eigenvalue weighted by Gasteiger charge is -2.22. The average Bonchev–Trinajstić information content (AvgIpc) is 2.39. The number of rotatable bonds is 3. The predicted octanol–water partition coefficient (Wildman–Crippen LogP) is 2.88. The highest BCUT2D eigenvalue weighted by atomic mass is 16.3. The summed E-state index contributed by atoms with van der Waals surface area (Å²) in [7, 11) is 0. The van der Waals surface area contributed by atoms with Gasteiger partial charge in [-0.1, -0.05) is 44.2 Å². The molecule has 0 fully saturated rings. The van der Waals surface area contributed by atoms with Gasteiger partial charge in [0.05, 0.1) is 6.61 Å². The first kappa shape index (κ1) is 13.1. The van der Waals surface area contributed by atoms with Gasteiger partial charge in [0.2, 0.25) is 0 Å². The summed E-state index contributed by atoms with van der Waals surface area (Å²) in [5.74, 6) is 0.522. The van der Waals surface area contributed by atoms with Crippen LogP contribution in [-0.2, 0) is 6.61 Å². The van der Waals surface area contributed by atoms with Crippen molar-refractivity contribution in [2.75, 3.05) is 0 Å². The van der Waals surface area contributed by atoms with E-state index in [-0.39, 0.29) is 12.6 Å². The molecule has 0 aliphatic heterocycles. The van der Waals surface area contributed by atoms with Crippen molar-refractivity contribution in [1.82, 2.24) is 0 Å². The molecule has 0 amide bonds. The van der Waals surface area contributed by atoms with Crippen LogP contribution < -0.4 is 5.73 Å². The van der Waals surface area contributed by atoms with Crippen LogP contribution in [0.3, 0.4) is 0 Å². The van der Waals surface area contributed by atoms with Gasteiger partial charge in [-0.15, -0.1) is 0 Å². The summed E-state index contributed by atoms with van der Waals surface area (Å²) >= 11 is 0. The third kappa shape index (κ3) is 2.71. The molecule has 0 aromatic heterocycles. The lowest BCUT2D eigenvalue weighted by molar-refractivity contribution is 0.282. The Kier molecular flexibility index (Phi) is 4.00. The summed E-state index contributed by atoms with van der Waals surface area (Å²) in [4.78, 5) is 0. The topological polar surface area (TPSA) is 46.2 Å². The van der Waals surface area contributed by atoms with Crippen molar-refractivity contribution >= 4 is 5.57 Å². The molecule has 0 heterocycles. The number of allylic oxidation sites excluding steroid dienone is 2. The molecule has 0 spiro atoms. The van der Waals surface area contributed by atoms with Crippen molar-refractivity contribution in [3.8, 4) is 0 Å². The maximum atomic E-state index is 9.20. The largest absolute Gasteiger partial charge is 0.392 e. The van der Waals surface area contributed by atoms with Gasteiger partial charge in [0.1, 0.15) is 0 Å². The van der Waals surface area contributed by atoms with Crippen molar-refractivity contribution in [1.29, 1.82) is 0 Å². The van der Waals surface area contributed by atoms with E-state index < -0.39 is 0 Å². The number of aliphatic hydroxyl groups is 1. The van der Waals surface area contributed by atoms with E-state index in [1.165, 1.54) is 11.1 Å². The number of hydrogen-bond donors (Lipinski definition) is 2. The average molecular weight is 243 g/mol. The Balaban J connectivity index is 2.38. The van der Waals surface area contributed by atoms with Gasteiger partial charge in [-0.05, 0) is 40.7 Å². The van der Waals surface area contributed by atoms with Crippen molar-refractivity contribution in [2.24, 2.45) is 11.7 Å². The van der Waals surface area contributed by atoms with Crippen LogP contribution in [0.25, 0.3) is 5.57 Å². The van der Waals surface area contributed by atoms with Crippen LogP contribution in [0.5, 0.6) is 0 Å². The van der Waals surface area contributed by atoms with Gasteiger partial charge >= 0.3 is 0 Å². The molecular weight excluding hydrogens is 222 g/mol. The summed E-state index contributed by atoms with van der Waals surface area (Å²) in [5.41, 5.74) is 10.8. The van der Waals surface area contributed by atoms with Crippen LogP contribution in [0.4, 0.5) is 0 Å². The van der Waals surface area contributed by atoms with Crippen LogP contribution in [-0.4, -0.2) is 11.1 Å². The second-order valence-corrected chi connectivity index (χ2v) is 5.16. The molecule has 0 bridgehead atoms. The normalized spacial score (nSPS) is 19.7. The number of nitrogens with two attached hydrogens (primary N) is 1. The second-order valence-electron chi connectivity index (χ2n) is 5.16. The number of aliphatic hydroxyl groups excluding tert-OH is 1. The Bertz CT molecular complexity index is 486. The lowest BCUT2D eigenvalue weighted by Crippen LogP contribution is -2.24. The molecule has 0 radical (unpaired) electrons. The van der Waals surface area contributed by atoms with Gasteiger partial charge in [0.15, 0.2) is 0 Å². The zero-order valence-electron chi connectivity index (χ0n) is 11.1. The maximum Gasteiger partial charge on any atom is 0.0682 e. The van der Waals surface area contributed by atoms with Crippen LogP contribution in [0.1, 0.15) is 31.4 Å². The molecule has 1 aromatic rings. The Labute approximate surface area is 109 Å². The van der Waals surface area contributed by atoms with E-state index >= 15 is 0 Å². The van der Waals surface area contributed by atoms with E-state index in [4.69, 9.17) is 5.73 Å². The molecule has 1 atom stereocenters. The molecule has 0 saturated carbocycles. The lowest BCUT2D eigenvalue weighted by atomic mass is 9.86. The SMILES string of the molecule is CC(C)C1=CCC(N)C(c2cccc(CO)c2)=C1. The van der Waals surface area contributed by atoms with Gasteiger partial charge in [-0.3, -0.25) is 0 Å². The molecule has 1 unspecified atom stereocenters. The predicted molar refractivity (Wildman–Crippen MR) is 75.9 cm³/mol. The van der Waals surface area contributed by atoms with Crippen LogP contribution >= 0.6 is 0 Å². The van der Waals surface area contributed by atoms with Crippen molar-refractivity contribution in [3.63, 3.8) is 0 Å². The molecule has 96 valence electrons. The molecule has 2 nitrogen and oxygen atoms in total. The highest BCUT2D eigenvalue weighted by molar-refractivity contribution is 5.73. The molecule has 2 heteroatoms. The minimum Gasteiger partial charge on any atom is -0.392 e. The third-order valence-corrected chi connectivity index (χ3v) is 3.44. The Hall–Kier alpha value is -1.38. The Morgan fingerprint density at radius 1 is 1.39 bits per heavy atom. The summed E-state index contributed by atoms with van der Waals surface area (Å²) in [6.45, 7) is 4.46. The van der Waals surface area contributed by atoms with Crippen molar-refractivity contribution in [2.45, 2.75) is 32.9 Å². The van der Waals surface area contributed by atoms with Gasteiger partial charge in [-0.2, -0.15) is 0 Å². The van der Waals surface area contributed by atoms with E-state index in [2.05, 4.69) is 32.1 Å². The molecule has 1 aliphatic rings. The van der Waals surface area contributed by atoms with Gasteiger partial charge < -0.3 is 10.8 Å². The highest BCUT2D eigenvalue weighted by Crippen LogP contribution is 2.29. The standard InChI is InChI=1S/C16H21NO/c1-11(2)13-6-7-16(17)15(9-13)14-5-3-4-12(8-14)10-18/h3-6,8-9,11,16,18H,7,10,17H2,1-2H3. The van der Waals surface area contributed by atoms with E-state index in [1.54, 1.807) is 0 Å². The molecular formula is C16H21NO. The minimum atomic E-state index is 0.0569. The molecule has 2 rings (SSSR count). The van der Waals surface area contributed by atoms with Gasteiger partial charge in [0, 0.05) is 6.04 Å². The first-order valence-electron chi connectivity index (χ1n) is 6.49.